The number of carbonyl (C=O) groups excluding carboxylic acids is 2. The summed E-state index contributed by atoms with van der Waals surface area (Å²) >= 11 is 4.47. The molecule has 0 saturated carbocycles. The first-order valence-corrected chi connectivity index (χ1v) is 12.9. The van der Waals surface area contributed by atoms with Crippen molar-refractivity contribution in [2.24, 2.45) is 0 Å². The van der Waals surface area contributed by atoms with Gasteiger partial charge in [-0.25, -0.2) is 4.79 Å². The Kier molecular flexibility index (Phi) is 10.8. The van der Waals surface area contributed by atoms with Crippen LogP contribution in [-0.2, 0) is 26.6 Å². The summed E-state index contributed by atoms with van der Waals surface area (Å²) in [5, 5.41) is 2.51. The number of rotatable bonds is 8. The number of anilines is 1. The van der Waals surface area contributed by atoms with E-state index in [0.717, 1.165) is 28.6 Å². The Morgan fingerprint density at radius 3 is 2.40 bits per heavy atom. The van der Waals surface area contributed by atoms with E-state index in [1.807, 2.05) is 0 Å². The van der Waals surface area contributed by atoms with Crippen LogP contribution in [0.25, 0.3) is 6.08 Å². The van der Waals surface area contributed by atoms with Crippen LogP contribution in [0.5, 0.6) is 0 Å². The fourth-order valence-corrected chi connectivity index (χ4v) is 4.87. The van der Waals surface area contributed by atoms with Crippen molar-refractivity contribution in [2.75, 3.05) is 51.9 Å². The fraction of sp³-hybridized carbons (Fsp3) is 0.360. The normalized spacial score (nSPS) is 14.4. The number of methoxy groups -OCH3 is 1. The van der Waals surface area contributed by atoms with Gasteiger partial charge in [0.05, 0.1) is 37.5 Å². The molecule has 1 saturated heterocycles. The van der Waals surface area contributed by atoms with Gasteiger partial charge in [-0.15, -0.1) is 0 Å². The lowest BCUT2D eigenvalue weighted by atomic mass is 9.99. The molecule has 3 rings (SSSR count). The van der Waals surface area contributed by atoms with Crippen molar-refractivity contribution >= 4 is 48.3 Å². The topological polar surface area (TPSA) is 71.1 Å². The molecule has 1 N–H and O–H groups in total. The second kappa shape index (κ2) is 13.7. The lowest BCUT2D eigenvalue weighted by molar-refractivity contribution is -0.163. The summed E-state index contributed by atoms with van der Waals surface area (Å²) < 4.78 is 95.7. The third-order valence-electron chi connectivity index (χ3n) is 5.55. The van der Waals surface area contributed by atoms with Crippen LogP contribution < -0.4 is 5.32 Å². The number of thiol groups is 1. The Bertz CT molecular complexity index is 1230. The molecule has 1 aliphatic heterocycles. The Balaban J connectivity index is 1.94. The second-order valence-corrected chi connectivity index (χ2v) is 9.94. The molecule has 2 aromatic rings. The van der Waals surface area contributed by atoms with Crippen molar-refractivity contribution in [2.45, 2.75) is 22.1 Å². The summed E-state index contributed by atoms with van der Waals surface area (Å²) in [5.74, 6) is -0.635. The van der Waals surface area contributed by atoms with E-state index in [9.17, 15) is 35.9 Å². The van der Waals surface area contributed by atoms with Crippen LogP contribution in [0.4, 0.5) is 36.8 Å². The van der Waals surface area contributed by atoms with Crippen molar-refractivity contribution in [3.8, 4) is 0 Å². The second-order valence-electron chi connectivity index (χ2n) is 8.35. The van der Waals surface area contributed by atoms with Gasteiger partial charge in [0, 0.05) is 41.8 Å². The SMILES string of the molecule is COCCN(S)C(=O)Nc1cccc(Sc2ccc(C=CC(=O)N3CCOCC3)c(C(F)(F)F)c2C(F)(F)F)c1. The van der Waals surface area contributed by atoms with Crippen LogP contribution >= 0.6 is 24.6 Å². The minimum atomic E-state index is -5.38. The molecule has 1 aliphatic rings. The van der Waals surface area contributed by atoms with Crippen LogP contribution in [0.2, 0.25) is 0 Å². The summed E-state index contributed by atoms with van der Waals surface area (Å²) in [6, 6.07) is 6.79. The third-order valence-corrected chi connectivity index (χ3v) is 6.98. The number of hydrogen-bond acceptors (Lipinski definition) is 6. The van der Waals surface area contributed by atoms with E-state index in [-0.39, 0.29) is 50.0 Å². The van der Waals surface area contributed by atoms with E-state index in [2.05, 4.69) is 18.1 Å². The van der Waals surface area contributed by atoms with Gasteiger partial charge in [-0.1, -0.05) is 36.7 Å². The first-order chi connectivity index (χ1) is 18.8. The number of ether oxygens (including phenoxy) is 2. The number of carbonyl (C=O) groups is 2. The van der Waals surface area contributed by atoms with E-state index in [1.54, 1.807) is 0 Å². The maximum Gasteiger partial charge on any atom is 0.418 e. The zero-order valence-corrected chi connectivity index (χ0v) is 22.7. The number of amides is 3. The molecule has 0 atom stereocenters. The minimum Gasteiger partial charge on any atom is -0.383 e. The molecule has 15 heteroatoms. The zero-order valence-electron chi connectivity index (χ0n) is 21.0. The molecule has 0 radical (unpaired) electrons. The van der Waals surface area contributed by atoms with Gasteiger partial charge in [-0.2, -0.15) is 26.3 Å². The first-order valence-electron chi connectivity index (χ1n) is 11.7. The maximum atomic E-state index is 14.1. The number of morpholine rings is 1. The van der Waals surface area contributed by atoms with E-state index in [1.165, 1.54) is 36.3 Å². The molecular formula is C25H25F6N3O4S2. The van der Waals surface area contributed by atoms with Crippen LogP contribution in [-0.4, -0.2) is 67.7 Å². The highest BCUT2D eigenvalue weighted by atomic mass is 32.2. The van der Waals surface area contributed by atoms with Gasteiger partial charge in [0.25, 0.3) is 0 Å². The monoisotopic (exact) mass is 609 g/mol. The fourth-order valence-electron chi connectivity index (χ4n) is 3.69. The van der Waals surface area contributed by atoms with Crippen molar-refractivity contribution < 1.29 is 45.4 Å². The number of halogens is 6. The molecule has 0 aromatic heterocycles. The minimum absolute atomic E-state index is 0.143. The highest BCUT2D eigenvalue weighted by molar-refractivity contribution is 7.99. The van der Waals surface area contributed by atoms with Crippen molar-refractivity contribution in [3.63, 3.8) is 0 Å². The predicted octanol–water partition coefficient (Wildman–Crippen LogP) is 6.07. The first kappa shape index (κ1) is 31.6. The average molecular weight is 610 g/mol. The number of alkyl halides is 6. The number of hydrogen-bond donors (Lipinski definition) is 2. The number of urea groups is 1. The quantitative estimate of drug-likeness (QED) is 0.216. The molecule has 2 aromatic carbocycles. The molecule has 1 fully saturated rings. The highest BCUT2D eigenvalue weighted by Gasteiger charge is 2.46. The van der Waals surface area contributed by atoms with Gasteiger partial charge < -0.3 is 19.7 Å². The molecule has 40 heavy (non-hydrogen) atoms. The largest absolute Gasteiger partial charge is 0.418 e. The summed E-state index contributed by atoms with van der Waals surface area (Å²) in [6.45, 7) is 1.30. The molecule has 7 nitrogen and oxygen atoms in total. The van der Waals surface area contributed by atoms with Gasteiger partial charge in [-0.05, 0) is 35.9 Å². The molecule has 0 unspecified atom stereocenters. The Morgan fingerprint density at radius 1 is 1.10 bits per heavy atom. The van der Waals surface area contributed by atoms with Gasteiger partial charge in [0.1, 0.15) is 0 Å². The molecule has 0 spiro atoms. The number of nitrogens with one attached hydrogen (secondary N) is 1. The average Bonchev–Trinajstić information content (AvgIpc) is 2.90. The van der Waals surface area contributed by atoms with Crippen molar-refractivity contribution in [1.29, 1.82) is 0 Å². The van der Waals surface area contributed by atoms with Crippen molar-refractivity contribution in [3.05, 3.63) is 59.2 Å². The van der Waals surface area contributed by atoms with Crippen LogP contribution in [0, 0.1) is 0 Å². The maximum absolute atomic E-state index is 14.1. The molecule has 218 valence electrons. The van der Waals surface area contributed by atoms with Crippen LogP contribution in [0.1, 0.15) is 16.7 Å². The van der Waals surface area contributed by atoms with Crippen LogP contribution in [0.15, 0.2) is 52.3 Å². The Hall–Kier alpha value is -2.88. The van der Waals surface area contributed by atoms with E-state index in [4.69, 9.17) is 9.47 Å². The number of nitrogens with zero attached hydrogens (tertiary/aromatic N) is 2. The summed E-state index contributed by atoms with van der Waals surface area (Å²) in [6.07, 6.45) is -9.18. The highest BCUT2D eigenvalue weighted by Crippen LogP contribution is 2.48. The summed E-state index contributed by atoms with van der Waals surface area (Å²) in [4.78, 5) is 25.4. The van der Waals surface area contributed by atoms with Gasteiger partial charge >= 0.3 is 18.4 Å². The smallest absolute Gasteiger partial charge is 0.383 e. The lowest BCUT2D eigenvalue weighted by Gasteiger charge is -2.25. The molecule has 3 amide bonds. The molecule has 0 aliphatic carbocycles. The van der Waals surface area contributed by atoms with Crippen LogP contribution in [0.3, 0.4) is 0 Å². The zero-order chi connectivity index (χ0) is 29.5. The molecule has 0 bridgehead atoms. The van der Waals surface area contributed by atoms with Gasteiger partial charge in [-0.3, -0.25) is 9.10 Å². The van der Waals surface area contributed by atoms with Crippen molar-refractivity contribution in [1.82, 2.24) is 9.21 Å². The van der Waals surface area contributed by atoms with E-state index in [0.29, 0.717) is 11.8 Å². The van der Waals surface area contributed by atoms with E-state index < -0.39 is 45.9 Å². The summed E-state index contributed by atoms with van der Waals surface area (Å²) in [5.41, 5.74) is -4.38. The molecule has 1 heterocycles. The molecular weight excluding hydrogens is 584 g/mol. The van der Waals surface area contributed by atoms with Gasteiger partial charge in [0.15, 0.2) is 0 Å². The van der Waals surface area contributed by atoms with Gasteiger partial charge in [0.2, 0.25) is 5.91 Å². The standard InChI is InChI=1S/C25H25F6N3O4S2/c1-37-12-11-34(39)23(36)32-17-3-2-4-18(15-17)40-19-7-5-16(6-8-20(35)33-9-13-38-14-10-33)21(24(26,27)28)22(19)25(29,30)31/h2-8,15,39H,9-14H2,1H3,(H,32,36). The Morgan fingerprint density at radius 2 is 1.77 bits per heavy atom. The summed E-state index contributed by atoms with van der Waals surface area (Å²) in [7, 11) is 1.44. The lowest BCUT2D eigenvalue weighted by Crippen LogP contribution is -2.39. The Labute approximate surface area is 236 Å². The van der Waals surface area contributed by atoms with E-state index >= 15 is 0 Å². The number of benzene rings is 2. The predicted molar refractivity (Wildman–Crippen MR) is 140 cm³/mol. The third kappa shape index (κ3) is 8.56.